The smallest absolute Gasteiger partial charge is 0.224 e. The Morgan fingerprint density at radius 2 is 1.95 bits per heavy atom. The van der Waals surface area contributed by atoms with Gasteiger partial charge in [0.05, 0.1) is 5.88 Å². The third-order valence-electron chi connectivity index (χ3n) is 3.31. The average molecular weight is 290 g/mol. The standard InChI is InChI=1S/C17H20ClNO/c1-11(2)14-6-5-7-15(9-14)20-17-16(10-18)12(3)8-13(4)19-17/h5-9,11H,10H2,1-4H3. The van der Waals surface area contributed by atoms with Crippen LogP contribution in [0.25, 0.3) is 0 Å². The summed E-state index contributed by atoms with van der Waals surface area (Å²) in [7, 11) is 0. The van der Waals surface area contributed by atoms with E-state index in [0.29, 0.717) is 17.7 Å². The first-order valence-electron chi connectivity index (χ1n) is 6.82. The topological polar surface area (TPSA) is 22.1 Å². The number of nitrogens with zero attached hydrogens (tertiary/aromatic N) is 1. The molecule has 0 aliphatic carbocycles. The van der Waals surface area contributed by atoms with Crippen LogP contribution >= 0.6 is 11.6 Å². The van der Waals surface area contributed by atoms with Crippen LogP contribution < -0.4 is 4.74 Å². The van der Waals surface area contributed by atoms with Crippen molar-refractivity contribution in [3.63, 3.8) is 0 Å². The molecule has 1 aromatic carbocycles. The van der Waals surface area contributed by atoms with Crippen molar-refractivity contribution in [2.24, 2.45) is 0 Å². The van der Waals surface area contributed by atoms with E-state index in [-0.39, 0.29) is 0 Å². The van der Waals surface area contributed by atoms with Crippen LogP contribution in [0.2, 0.25) is 0 Å². The molecule has 0 N–H and O–H groups in total. The van der Waals surface area contributed by atoms with Gasteiger partial charge in [0.25, 0.3) is 0 Å². The molecule has 0 saturated carbocycles. The molecule has 0 atom stereocenters. The third-order valence-corrected chi connectivity index (χ3v) is 3.58. The summed E-state index contributed by atoms with van der Waals surface area (Å²) >= 11 is 6.02. The van der Waals surface area contributed by atoms with Gasteiger partial charge in [-0.15, -0.1) is 11.6 Å². The van der Waals surface area contributed by atoms with Gasteiger partial charge >= 0.3 is 0 Å². The lowest BCUT2D eigenvalue weighted by molar-refractivity contribution is 0.455. The highest BCUT2D eigenvalue weighted by atomic mass is 35.5. The van der Waals surface area contributed by atoms with E-state index >= 15 is 0 Å². The zero-order valence-electron chi connectivity index (χ0n) is 12.4. The zero-order chi connectivity index (χ0) is 14.7. The van der Waals surface area contributed by atoms with Crippen molar-refractivity contribution in [3.8, 4) is 11.6 Å². The van der Waals surface area contributed by atoms with E-state index in [4.69, 9.17) is 16.3 Å². The van der Waals surface area contributed by atoms with Crippen molar-refractivity contribution in [3.05, 3.63) is 52.7 Å². The van der Waals surface area contributed by atoms with E-state index < -0.39 is 0 Å². The van der Waals surface area contributed by atoms with Gasteiger partial charge in [-0.1, -0.05) is 26.0 Å². The van der Waals surface area contributed by atoms with E-state index in [0.717, 1.165) is 22.6 Å². The van der Waals surface area contributed by atoms with Crippen molar-refractivity contribution in [2.75, 3.05) is 0 Å². The van der Waals surface area contributed by atoms with Crippen molar-refractivity contribution < 1.29 is 4.74 Å². The van der Waals surface area contributed by atoms with Crippen molar-refractivity contribution in [1.82, 2.24) is 4.98 Å². The molecule has 0 bridgehead atoms. The first kappa shape index (κ1) is 14.9. The highest BCUT2D eigenvalue weighted by molar-refractivity contribution is 6.17. The zero-order valence-corrected chi connectivity index (χ0v) is 13.2. The lowest BCUT2D eigenvalue weighted by Gasteiger charge is -2.13. The molecule has 0 amide bonds. The van der Waals surface area contributed by atoms with Crippen molar-refractivity contribution >= 4 is 11.6 Å². The fourth-order valence-electron chi connectivity index (χ4n) is 2.12. The SMILES string of the molecule is Cc1cc(C)c(CCl)c(Oc2cccc(C(C)C)c2)n1. The number of aromatic nitrogens is 1. The fraction of sp³-hybridized carbons (Fsp3) is 0.353. The predicted octanol–water partition coefficient (Wildman–Crippen LogP) is 5.35. The highest BCUT2D eigenvalue weighted by Gasteiger charge is 2.11. The summed E-state index contributed by atoms with van der Waals surface area (Å²) in [4.78, 5) is 4.47. The summed E-state index contributed by atoms with van der Waals surface area (Å²) in [6.07, 6.45) is 0. The summed E-state index contributed by atoms with van der Waals surface area (Å²) in [6.45, 7) is 8.32. The van der Waals surface area contributed by atoms with Crippen LogP contribution in [0.3, 0.4) is 0 Å². The second kappa shape index (κ2) is 6.27. The second-order valence-electron chi connectivity index (χ2n) is 5.33. The summed E-state index contributed by atoms with van der Waals surface area (Å²) in [5, 5.41) is 0. The quantitative estimate of drug-likeness (QED) is 0.708. The van der Waals surface area contributed by atoms with Crippen LogP contribution in [0.5, 0.6) is 11.6 Å². The number of aryl methyl sites for hydroxylation is 2. The van der Waals surface area contributed by atoms with Crippen molar-refractivity contribution in [1.29, 1.82) is 0 Å². The lowest BCUT2D eigenvalue weighted by Crippen LogP contribution is -1.98. The molecular weight excluding hydrogens is 270 g/mol. The van der Waals surface area contributed by atoms with Gasteiger partial charge < -0.3 is 4.74 Å². The molecule has 1 heterocycles. The molecule has 0 radical (unpaired) electrons. The molecule has 2 nitrogen and oxygen atoms in total. The van der Waals surface area contributed by atoms with E-state index in [1.54, 1.807) is 0 Å². The van der Waals surface area contributed by atoms with Crippen molar-refractivity contribution in [2.45, 2.75) is 39.5 Å². The maximum absolute atomic E-state index is 6.02. The first-order valence-corrected chi connectivity index (χ1v) is 7.35. The van der Waals surface area contributed by atoms with Crippen LogP contribution in [-0.2, 0) is 5.88 Å². The molecule has 2 rings (SSSR count). The maximum atomic E-state index is 6.02. The molecule has 0 aliphatic heterocycles. The number of halogens is 1. The summed E-state index contributed by atoms with van der Waals surface area (Å²) in [6, 6.07) is 10.1. The summed E-state index contributed by atoms with van der Waals surface area (Å²) in [5.41, 5.74) is 4.25. The van der Waals surface area contributed by atoms with Gasteiger partial charge in [0.2, 0.25) is 5.88 Å². The Morgan fingerprint density at radius 1 is 1.20 bits per heavy atom. The van der Waals surface area contributed by atoms with E-state index in [2.05, 4.69) is 31.0 Å². The lowest BCUT2D eigenvalue weighted by atomic mass is 10.0. The predicted molar refractivity (Wildman–Crippen MR) is 83.9 cm³/mol. The molecule has 2 aromatic rings. The van der Waals surface area contributed by atoms with Gasteiger partial charge in [-0.3, -0.25) is 0 Å². The molecule has 0 unspecified atom stereocenters. The van der Waals surface area contributed by atoms with E-state index in [1.165, 1.54) is 5.56 Å². The Bertz CT molecular complexity index is 608. The minimum absolute atomic E-state index is 0.401. The minimum atomic E-state index is 0.401. The number of benzene rings is 1. The molecule has 3 heteroatoms. The Labute approximate surface area is 125 Å². The number of rotatable bonds is 4. The van der Waals surface area contributed by atoms with Crippen LogP contribution in [0.15, 0.2) is 30.3 Å². The third kappa shape index (κ3) is 3.31. The van der Waals surface area contributed by atoms with Crippen LogP contribution in [-0.4, -0.2) is 4.98 Å². The fourth-order valence-corrected chi connectivity index (χ4v) is 2.45. The number of pyridine rings is 1. The highest BCUT2D eigenvalue weighted by Crippen LogP contribution is 2.29. The van der Waals surface area contributed by atoms with E-state index in [9.17, 15) is 0 Å². The molecule has 1 aromatic heterocycles. The molecule has 106 valence electrons. The normalized spacial score (nSPS) is 10.9. The molecule has 20 heavy (non-hydrogen) atoms. The molecule has 0 fully saturated rings. The second-order valence-corrected chi connectivity index (χ2v) is 5.59. The number of hydrogen-bond donors (Lipinski definition) is 0. The Kier molecular flexibility index (Phi) is 4.66. The van der Waals surface area contributed by atoms with Gasteiger partial charge in [-0.05, 0) is 49.1 Å². The average Bonchev–Trinajstić information content (AvgIpc) is 2.38. The molecule has 0 saturated heterocycles. The van der Waals surface area contributed by atoms with E-state index in [1.807, 2.05) is 32.0 Å². The molecular formula is C17H20ClNO. The molecule has 0 spiro atoms. The van der Waals surface area contributed by atoms with Gasteiger partial charge in [0.15, 0.2) is 0 Å². The summed E-state index contributed by atoms with van der Waals surface area (Å²) in [5.74, 6) is 2.29. The Morgan fingerprint density at radius 3 is 2.60 bits per heavy atom. The largest absolute Gasteiger partial charge is 0.439 e. The Hall–Kier alpha value is -1.54. The minimum Gasteiger partial charge on any atom is -0.439 e. The Balaban J connectivity index is 2.37. The van der Waals surface area contributed by atoms with Crippen LogP contribution in [0, 0.1) is 13.8 Å². The van der Waals surface area contributed by atoms with Gasteiger partial charge in [0, 0.05) is 11.3 Å². The van der Waals surface area contributed by atoms with Gasteiger partial charge in [0.1, 0.15) is 5.75 Å². The monoisotopic (exact) mass is 289 g/mol. The number of hydrogen-bond acceptors (Lipinski definition) is 2. The number of ether oxygens (including phenoxy) is 1. The van der Waals surface area contributed by atoms with Gasteiger partial charge in [-0.2, -0.15) is 0 Å². The number of alkyl halides is 1. The first-order chi connectivity index (χ1) is 9.51. The van der Waals surface area contributed by atoms with Crippen LogP contribution in [0.1, 0.15) is 42.1 Å². The van der Waals surface area contributed by atoms with Crippen LogP contribution in [0.4, 0.5) is 0 Å². The molecule has 0 aliphatic rings. The summed E-state index contributed by atoms with van der Waals surface area (Å²) < 4.78 is 5.96. The maximum Gasteiger partial charge on any atom is 0.224 e. The van der Waals surface area contributed by atoms with Gasteiger partial charge in [-0.25, -0.2) is 4.98 Å².